The van der Waals surface area contributed by atoms with Gasteiger partial charge in [-0.15, -0.1) is 0 Å². The monoisotopic (exact) mass is 230 g/mol. The van der Waals surface area contributed by atoms with Gasteiger partial charge >= 0.3 is 0 Å². The zero-order valence-corrected chi connectivity index (χ0v) is 9.50. The molecule has 1 fully saturated rings. The van der Waals surface area contributed by atoms with Crippen molar-refractivity contribution in [3.63, 3.8) is 0 Å². The van der Waals surface area contributed by atoms with Gasteiger partial charge in [0, 0.05) is 18.8 Å². The molecule has 88 valence electrons. The van der Waals surface area contributed by atoms with Gasteiger partial charge in [-0.25, -0.2) is 0 Å². The molecule has 1 aliphatic carbocycles. The summed E-state index contributed by atoms with van der Waals surface area (Å²) in [5.74, 6) is 0.755. The third-order valence-electron chi connectivity index (χ3n) is 3.67. The highest BCUT2D eigenvalue weighted by Gasteiger charge is 2.20. The lowest BCUT2D eigenvalue weighted by molar-refractivity contribution is -0.383. The molecule has 0 amide bonds. The third-order valence-corrected chi connectivity index (χ3v) is 3.67. The predicted molar refractivity (Wildman–Crippen MR) is 65.9 cm³/mol. The third kappa shape index (κ3) is 1.69. The van der Waals surface area contributed by atoms with Gasteiger partial charge in [0.1, 0.15) is 0 Å². The zero-order chi connectivity index (χ0) is 11.8. The molecule has 0 spiro atoms. The highest BCUT2D eigenvalue weighted by atomic mass is 16.6. The average Bonchev–Trinajstić information content (AvgIpc) is 2.66. The minimum Gasteiger partial charge on any atom is -0.347 e. The van der Waals surface area contributed by atoms with Crippen LogP contribution in [0.2, 0.25) is 0 Å². The largest absolute Gasteiger partial charge is 0.347 e. The number of hydrogen-bond acceptors (Lipinski definition) is 2. The molecule has 0 saturated heterocycles. The van der Waals surface area contributed by atoms with E-state index < -0.39 is 0 Å². The number of benzene rings is 1. The molecule has 0 radical (unpaired) electrons. The van der Waals surface area contributed by atoms with Gasteiger partial charge in [0.25, 0.3) is 5.69 Å². The number of fused-ring (bicyclic) bond motifs is 1. The van der Waals surface area contributed by atoms with E-state index in [1.54, 1.807) is 12.1 Å². The molecule has 0 N–H and O–H groups in total. The van der Waals surface area contributed by atoms with Crippen molar-refractivity contribution in [1.29, 1.82) is 0 Å². The van der Waals surface area contributed by atoms with Crippen LogP contribution >= 0.6 is 0 Å². The minimum absolute atomic E-state index is 0.204. The number of aromatic nitrogens is 1. The molecule has 1 aliphatic rings. The summed E-state index contributed by atoms with van der Waals surface area (Å²) in [7, 11) is 0. The van der Waals surface area contributed by atoms with E-state index in [0.717, 1.165) is 23.4 Å². The molecule has 1 aromatic heterocycles. The molecule has 1 saturated carbocycles. The van der Waals surface area contributed by atoms with Gasteiger partial charge in [0.15, 0.2) is 0 Å². The fourth-order valence-corrected chi connectivity index (χ4v) is 2.48. The molecule has 1 heterocycles. The van der Waals surface area contributed by atoms with E-state index in [1.165, 1.54) is 19.3 Å². The second-order valence-electron chi connectivity index (χ2n) is 4.73. The summed E-state index contributed by atoms with van der Waals surface area (Å²) < 4.78 is 2.14. The standard InChI is InChI=1S/C13H14N2O2/c16-15(17)13-6-2-5-12-11(13)7-8-14(12)9-10-3-1-4-10/h2,5-8,10H,1,3-4,9H2. The molecule has 1 aromatic carbocycles. The molecule has 0 unspecified atom stereocenters. The van der Waals surface area contributed by atoms with Crippen LogP contribution in [0.3, 0.4) is 0 Å². The Morgan fingerprint density at radius 2 is 2.18 bits per heavy atom. The Kier molecular flexibility index (Phi) is 2.35. The first-order valence-electron chi connectivity index (χ1n) is 5.98. The Labute approximate surface area is 99.0 Å². The van der Waals surface area contributed by atoms with Crippen molar-refractivity contribution in [2.24, 2.45) is 5.92 Å². The van der Waals surface area contributed by atoms with Gasteiger partial charge in [-0.05, 0) is 30.9 Å². The molecule has 17 heavy (non-hydrogen) atoms. The Morgan fingerprint density at radius 3 is 2.82 bits per heavy atom. The number of nitrogens with zero attached hydrogens (tertiary/aromatic N) is 2. The highest BCUT2D eigenvalue weighted by molar-refractivity contribution is 5.89. The van der Waals surface area contributed by atoms with Gasteiger partial charge in [-0.2, -0.15) is 0 Å². The van der Waals surface area contributed by atoms with E-state index in [-0.39, 0.29) is 10.6 Å². The Bertz CT molecular complexity index is 570. The first kappa shape index (κ1) is 10.3. The lowest BCUT2D eigenvalue weighted by Gasteiger charge is -2.26. The molecule has 0 bridgehead atoms. The van der Waals surface area contributed by atoms with Gasteiger partial charge in [-0.3, -0.25) is 10.1 Å². The number of non-ortho nitro benzene ring substituents is 1. The molecular formula is C13H14N2O2. The molecule has 3 rings (SSSR count). The van der Waals surface area contributed by atoms with Crippen molar-refractivity contribution in [1.82, 2.24) is 4.57 Å². The van der Waals surface area contributed by atoms with E-state index in [0.29, 0.717) is 0 Å². The summed E-state index contributed by atoms with van der Waals surface area (Å²) in [6, 6.07) is 7.14. The highest BCUT2D eigenvalue weighted by Crippen LogP contribution is 2.31. The van der Waals surface area contributed by atoms with Crippen LogP contribution < -0.4 is 0 Å². The average molecular weight is 230 g/mol. The maximum atomic E-state index is 10.9. The van der Waals surface area contributed by atoms with Gasteiger partial charge in [0.05, 0.1) is 15.8 Å². The van der Waals surface area contributed by atoms with Crippen molar-refractivity contribution in [2.45, 2.75) is 25.8 Å². The summed E-state index contributed by atoms with van der Waals surface area (Å²) in [5, 5.41) is 11.7. The Hall–Kier alpha value is -1.84. The Morgan fingerprint density at radius 1 is 1.35 bits per heavy atom. The number of nitro groups is 1. The minimum atomic E-state index is -0.310. The summed E-state index contributed by atoms with van der Waals surface area (Å²) in [6.07, 6.45) is 5.86. The first-order valence-corrected chi connectivity index (χ1v) is 5.98. The molecule has 0 aliphatic heterocycles. The summed E-state index contributed by atoms with van der Waals surface area (Å²) >= 11 is 0. The topological polar surface area (TPSA) is 48.1 Å². The van der Waals surface area contributed by atoms with E-state index in [9.17, 15) is 10.1 Å². The first-order chi connectivity index (χ1) is 8.25. The van der Waals surface area contributed by atoms with Crippen LogP contribution in [0, 0.1) is 16.0 Å². The quantitative estimate of drug-likeness (QED) is 0.599. The van der Waals surface area contributed by atoms with Crippen LogP contribution in [-0.4, -0.2) is 9.49 Å². The van der Waals surface area contributed by atoms with Crippen molar-refractivity contribution >= 4 is 16.6 Å². The zero-order valence-electron chi connectivity index (χ0n) is 9.50. The van der Waals surface area contributed by atoms with Crippen molar-refractivity contribution < 1.29 is 4.92 Å². The lowest BCUT2D eigenvalue weighted by Crippen LogP contribution is -2.17. The van der Waals surface area contributed by atoms with Crippen LogP contribution in [0.1, 0.15) is 19.3 Å². The number of hydrogen-bond donors (Lipinski definition) is 0. The molecule has 4 nitrogen and oxygen atoms in total. The van der Waals surface area contributed by atoms with Gasteiger partial charge in [0.2, 0.25) is 0 Å². The van der Waals surface area contributed by atoms with Crippen LogP contribution in [0.5, 0.6) is 0 Å². The maximum Gasteiger partial charge on any atom is 0.278 e. The van der Waals surface area contributed by atoms with Gasteiger partial charge < -0.3 is 4.57 Å². The van der Waals surface area contributed by atoms with Crippen molar-refractivity contribution in [3.8, 4) is 0 Å². The lowest BCUT2D eigenvalue weighted by atomic mass is 9.85. The molecule has 0 atom stereocenters. The van der Waals surface area contributed by atoms with Gasteiger partial charge in [-0.1, -0.05) is 12.5 Å². The van der Waals surface area contributed by atoms with Crippen LogP contribution in [0.25, 0.3) is 10.9 Å². The SMILES string of the molecule is O=[N+]([O-])c1cccc2c1ccn2CC1CCC1. The summed E-state index contributed by atoms with van der Waals surface area (Å²) in [5.41, 5.74) is 1.18. The van der Waals surface area contributed by atoms with Crippen LogP contribution in [0.4, 0.5) is 5.69 Å². The second kappa shape index (κ2) is 3.87. The summed E-state index contributed by atoms with van der Waals surface area (Å²) in [6.45, 7) is 0.991. The Balaban J connectivity index is 2.03. The van der Waals surface area contributed by atoms with E-state index >= 15 is 0 Å². The predicted octanol–water partition coefficient (Wildman–Crippen LogP) is 3.35. The number of rotatable bonds is 3. The summed E-state index contributed by atoms with van der Waals surface area (Å²) in [4.78, 5) is 10.6. The van der Waals surface area contributed by atoms with E-state index in [2.05, 4.69) is 4.57 Å². The maximum absolute atomic E-state index is 10.9. The molecule has 4 heteroatoms. The van der Waals surface area contributed by atoms with Crippen molar-refractivity contribution in [2.75, 3.05) is 0 Å². The van der Waals surface area contributed by atoms with Crippen LogP contribution in [-0.2, 0) is 6.54 Å². The normalized spacial score (nSPS) is 16.0. The van der Waals surface area contributed by atoms with Crippen LogP contribution in [0.15, 0.2) is 30.5 Å². The molecular weight excluding hydrogens is 216 g/mol. The number of nitro benzene ring substituents is 1. The van der Waals surface area contributed by atoms with E-state index in [4.69, 9.17) is 0 Å². The molecule has 2 aromatic rings. The van der Waals surface area contributed by atoms with Crippen molar-refractivity contribution in [3.05, 3.63) is 40.6 Å². The smallest absolute Gasteiger partial charge is 0.278 e. The fraction of sp³-hybridized carbons (Fsp3) is 0.385. The second-order valence-corrected chi connectivity index (χ2v) is 4.73. The van der Waals surface area contributed by atoms with E-state index in [1.807, 2.05) is 18.3 Å². The fourth-order valence-electron chi connectivity index (χ4n) is 2.48.